The normalized spacial score (nSPS) is 11.8. The Labute approximate surface area is 138 Å². The molecule has 0 radical (unpaired) electrons. The number of pyridine rings is 1. The molecule has 22 heavy (non-hydrogen) atoms. The van der Waals surface area contributed by atoms with Crippen molar-refractivity contribution in [1.29, 1.82) is 0 Å². The average molecular weight is 365 g/mol. The van der Waals surface area contributed by atoms with Crippen LogP contribution in [0.4, 0.5) is 10.1 Å². The molecule has 0 aliphatic heterocycles. The van der Waals surface area contributed by atoms with Crippen molar-refractivity contribution < 1.29 is 9.13 Å². The van der Waals surface area contributed by atoms with Crippen LogP contribution in [0.25, 0.3) is 0 Å². The molecule has 1 N–H and O–H groups in total. The summed E-state index contributed by atoms with van der Waals surface area (Å²) in [6, 6.07) is 7.56. The molecule has 0 fully saturated rings. The van der Waals surface area contributed by atoms with E-state index in [4.69, 9.17) is 4.74 Å². The van der Waals surface area contributed by atoms with E-state index in [2.05, 4.69) is 32.8 Å². The summed E-state index contributed by atoms with van der Waals surface area (Å²) in [6.45, 7) is 3.75. The van der Waals surface area contributed by atoms with Crippen molar-refractivity contribution in [3.05, 3.63) is 65.2 Å². The first-order valence-electron chi connectivity index (χ1n) is 6.96. The highest BCUT2D eigenvalue weighted by Crippen LogP contribution is 2.31. The number of allylic oxidation sites excluding steroid dienone is 1. The molecule has 3 nitrogen and oxygen atoms in total. The fourth-order valence-corrected chi connectivity index (χ4v) is 2.64. The molecule has 0 saturated carbocycles. The molecular formula is C17H18BrFN2O. The van der Waals surface area contributed by atoms with Crippen molar-refractivity contribution >= 4 is 21.6 Å². The average Bonchev–Trinajstić information content (AvgIpc) is 2.55. The Bertz CT molecular complexity index is 631. The Balaban J connectivity index is 2.25. The quantitative estimate of drug-likeness (QED) is 0.693. The number of aromatic nitrogens is 1. The third-order valence-electron chi connectivity index (χ3n) is 3.33. The van der Waals surface area contributed by atoms with Crippen LogP contribution in [0.3, 0.4) is 0 Å². The molecule has 1 heterocycles. The first kappa shape index (κ1) is 16.5. The first-order valence-corrected chi connectivity index (χ1v) is 7.75. The van der Waals surface area contributed by atoms with E-state index in [1.54, 1.807) is 13.3 Å². The minimum Gasteiger partial charge on any atom is -0.497 e. The van der Waals surface area contributed by atoms with Gasteiger partial charge in [0.25, 0.3) is 0 Å². The van der Waals surface area contributed by atoms with Crippen LogP contribution >= 0.6 is 15.9 Å². The summed E-state index contributed by atoms with van der Waals surface area (Å²) in [5.41, 5.74) is 1.73. The topological polar surface area (TPSA) is 34.1 Å². The monoisotopic (exact) mass is 364 g/mol. The number of halogens is 2. The van der Waals surface area contributed by atoms with E-state index in [0.717, 1.165) is 29.8 Å². The molecule has 0 amide bonds. The summed E-state index contributed by atoms with van der Waals surface area (Å²) in [5, 5.41) is 3.41. The van der Waals surface area contributed by atoms with Crippen LogP contribution in [-0.4, -0.2) is 12.1 Å². The van der Waals surface area contributed by atoms with Gasteiger partial charge in [0.1, 0.15) is 5.75 Å². The van der Waals surface area contributed by atoms with Crippen LogP contribution in [0.5, 0.6) is 5.75 Å². The number of nitrogens with one attached hydrogen (secondary N) is 1. The van der Waals surface area contributed by atoms with Gasteiger partial charge < -0.3 is 10.1 Å². The molecule has 1 aromatic carbocycles. The summed E-state index contributed by atoms with van der Waals surface area (Å²) in [5.74, 6) is 0.430. The zero-order valence-electron chi connectivity index (χ0n) is 12.4. The van der Waals surface area contributed by atoms with Gasteiger partial charge in [0, 0.05) is 17.4 Å². The lowest BCUT2D eigenvalue weighted by molar-refractivity contribution is 0.415. The van der Waals surface area contributed by atoms with Gasteiger partial charge in [0.15, 0.2) is 5.82 Å². The summed E-state index contributed by atoms with van der Waals surface area (Å²) in [7, 11) is 1.63. The number of methoxy groups -OCH3 is 1. The smallest absolute Gasteiger partial charge is 0.155 e. The predicted molar refractivity (Wildman–Crippen MR) is 90.7 cm³/mol. The molecule has 0 aliphatic carbocycles. The second-order valence-electron chi connectivity index (χ2n) is 4.82. The van der Waals surface area contributed by atoms with Crippen molar-refractivity contribution in [1.82, 2.24) is 4.98 Å². The van der Waals surface area contributed by atoms with Crippen LogP contribution < -0.4 is 10.1 Å². The molecule has 0 bridgehead atoms. The molecule has 2 rings (SSSR count). The third-order valence-corrected chi connectivity index (χ3v) is 4.17. The summed E-state index contributed by atoms with van der Waals surface area (Å²) >= 11 is 3.31. The highest BCUT2D eigenvalue weighted by atomic mass is 79.9. The molecule has 1 unspecified atom stereocenters. The second-order valence-corrected chi connectivity index (χ2v) is 5.61. The van der Waals surface area contributed by atoms with Gasteiger partial charge in [-0.15, -0.1) is 6.58 Å². The first-order chi connectivity index (χ1) is 10.7. The van der Waals surface area contributed by atoms with E-state index in [9.17, 15) is 4.39 Å². The van der Waals surface area contributed by atoms with Crippen molar-refractivity contribution in [2.75, 3.05) is 12.4 Å². The number of nitrogens with zero attached hydrogens (tertiary/aromatic N) is 1. The number of rotatable bonds is 7. The molecule has 1 aromatic heterocycles. The number of ether oxygens (including phenoxy) is 1. The third kappa shape index (κ3) is 4.07. The molecular weight excluding hydrogens is 347 g/mol. The highest BCUT2D eigenvalue weighted by molar-refractivity contribution is 9.10. The van der Waals surface area contributed by atoms with Gasteiger partial charge in [-0.2, -0.15) is 0 Å². The van der Waals surface area contributed by atoms with Crippen LogP contribution in [-0.2, 0) is 0 Å². The van der Waals surface area contributed by atoms with E-state index < -0.39 is 0 Å². The number of anilines is 1. The Hall–Kier alpha value is -1.88. The molecule has 116 valence electrons. The van der Waals surface area contributed by atoms with E-state index in [0.29, 0.717) is 4.47 Å². The van der Waals surface area contributed by atoms with Gasteiger partial charge in [0.2, 0.25) is 0 Å². The van der Waals surface area contributed by atoms with Gasteiger partial charge in [-0.3, -0.25) is 4.98 Å². The molecule has 2 aromatic rings. The van der Waals surface area contributed by atoms with Gasteiger partial charge in [0.05, 0.1) is 23.8 Å². The number of benzene rings is 1. The SMILES string of the molecule is C=CCCC(Nc1ccc(OC)cc1)c1cncc(F)c1Br. The van der Waals surface area contributed by atoms with Crippen molar-refractivity contribution in [2.24, 2.45) is 0 Å². The van der Waals surface area contributed by atoms with E-state index in [1.165, 1.54) is 6.20 Å². The second kappa shape index (κ2) is 7.94. The Morgan fingerprint density at radius 1 is 1.36 bits per heavy atom. The lowest BCUT2D eigenvalue weighted by atomic mass is 10.0. The summed E-state index contributed by atoms with van der Waals surface area (Å²) in [4.78, 5) is 3.95. The standard InChI is InChI=1S/C17H18BrFN2O/c1-3-4-5-16(14-10-20-11-15(19)17(14)18)21-12-6-8-13(22-2)9-7-12/h3,6-11,16,21H,1,4-5H2,2H3. The molecule has 5 heteroatoms. The number of hydrogen-bond acceptors (Lipinski definition) is 3. The maximum Gasteiger partial charge on any atom is 0.155 e. The number of hydrogen-bond donors (Lipinski definition) is 1. The Morgan fingerprint density at radius 3 is 2.73 bits per heavy atom. The fourth-order valence-electron chi connectivity index (χ4n) is 2.16. The Morgan fingerprint density at radius 2 is 2.09 bits per heavy atom. The lowest BCUT2D eigenvalue weighted by Crippen LogP contribution is -2.12. The minimum absolute atomic E-state index is 0.0658. The lowest BCUT2D eigenvalue weighted by Gasteiger charge is -2.21. The molecule has 0 saturated heterocycles. The van der Waals surface area contributed by atoms with Crippen LogP contribution in [0.15, 0.2) is 53.8 Å². The van der Waals surface area contributed by atoms with E-state index in [-0.39, 0.29) is 11.9 Å². The van der Waals surface area contributed by atoms with Gasteiger partial charge in [-0.05, 0) is 53.0 Å². The highest BCUT2D eigenvalue weighted by Gasteiger charge is 2.17. The van der Waals surface area contributed by atoms with E-state index >= 15 is 0 Å². The predicted octanol–water partition coefficient (Wildman–Crippen LogP) is 5.11. The van der Waals surface area contributed by atoms with Crippen molar-refractivity contribution in [2.45, 2.75) is 18.9 Å². The Kier molecular flexibility index (Phi) is 5.95. The van der Waals surface area contributed by atoms with Crippen molar-refractivity contribution in [3.8, 4) is 5.75 Å². The van der Waals surface area contributed by atoms with E-state index in [1.807, 2.05) is 30.3 Å². The largest absolute Gasteiger partial charge is 0.497 e. The maximum absolute atomic E-state index is 13.7. The zero-order chi connectivity index (χ0) is 15.9. The molecule has 0 aliphatic rings. The fraction of sp³-hybridized carbons (Fsp3) is 0.235. The van der Waals surface area contributed by atoms with Crippen LogP contribution in [0.1, 0.15) is 24.4 Å². The summed E-state index contributed by atoms with van der Waals surface area (Å²) in [6.07, 6.45) is 6.34. The van der Waals surface area contributed by atoms with Crippen molar-refractivity contribution in [3.63, 3.8) is 0 Å². The summed E-state index contributed by atoms with van der Waals surface area (Å²) < 4.78 is 19.3. The van der Waals surface area contributed by atoms with Crippen LogP contribution in [0, 0.1) is 5.82 Å². The maximum atomic E-state index is 13.7. The van der Waals surface area contributed by atoms with Gasteiger partial charge in [-0.25, -0.2) is 4.39 Å². The zero-order valence-corrected chi connectivity index (χ0v) is 13.9. The van der Waals surface area contributed by atoms with Gasteiger partial charge in [-0.1, -0.05) is 6.08 Å². The minimum atomic E-state index is -0.363. The molecule has 0 spiro atoms. The molecule has 1 atom stereocenters. The van der Waals surface area contributed by atoms with Gasteiger partial charge >= 0.3 is 0 Å². The van der Waals surface area contributed by atoms with Crippen LogP contribution in [0.2, 0.25) is 0 Å².